The summed E-state index contributed by atoms with van der Waals surface area (Å²) in [5.41, 5.74) is 9.53. The number of likely N-dealkylation sites (tertiary alicyclic amines) is 1. The minimum Gasteiger partial charge on any atom is -0.391 e. The third kappa shape index (κ3) is 3.99. The Morgan fingerprint density at radius 1 is 1.22 bits per heavy atom. The molecular weight excluding hydrogens is 407 g/mol. The standard InChI is InChI=1S/C25H29FN4O2/c1-17(19-11-12-20(22(26)15-19)18-9-5-3-6-10-18)23-21(16-31)24(29-32-23)25(27,28-2)30-13-7-4-8-14-30/h3,5-6,9-12,15,17,31H,2,4,7-8,13-14,16,27H2,1H3. The van der Waals surface area contributed by atoms with Crippen LogP contribution in [0.5, 0.6) is 0 Å². The van der Waals surface area contributed by atoms with Crippen LogP contribution in [0, 0.1) is 5.82 Å². The molecule has 6 nitrogen and oxygen atoms in total. The number of hydrogen-bond acceptors (Lipinski definition) is 6. The molecule has 3 N–H and O–H groups in total. The summed E-state index contributed by atoms with van der Waals surface area (Å²) >= 11 is 0. The Kier molecular flexibility index (Phi) is 6.50. The molecule has 2 heterocycles. The molecule has 7 heteroatoms. The van der Waals surface area contributed by atoms with Crippen molar-refractivity contribution >= 4 is 6.72 Å². The van der Waals surface area contributed by atoms with Crippen LogP contribution in [0.3, 0.4) is 0 Å². The summed E-state index contributed by atoms with van der Waals surface area (Å²) in [7, 11) is 0. The fourth-order valence-electron chi connectivity index (χ4n) is 4.47. The number of halogens is 1. The molecule has 0 aliphatic carbocycles. The zero-order chi connectivity index (χ0) is 22.7. The van der Waals surface area contributed by atoms with Gasteiger partial charge in [-0.1, -0.05) is 61.0 Å². The fraction of sp³-hybridized carbons (Fsp3) is 0.360. The molecule has 32 heavy (non-hydrogen) atoms. The van der Waals surface area contributed by atoms with Gasteiger partial charge in [0.2, 0.25) is 5.79 Å². The highest BCUT2D eigenvalue weighted by molar-refractivity contribution is 5.64. The Balaban J connectivity index is 1.68. The monoisotopic (exact) mass is 436 g/mol. The van der Waals surface area contributed by atoms with Gasteiger partial charge in [0.1, 0.15) is 17.3 Å². The van der Waals surface area contributed by atoms with Gasteiger partial charge in [0, 0.05) is 30.1 Å². The third-order valence-corrected chi connectivity index (χ3v) is 6.38. The van der Waals surface area contributed by atoms with E-state index < -0.39 is 5.79 Å². The van der Waals surface area contributed by atoms with Crippen LogP contribution in [-0.4, -0.2) is 35.0 Å². The molecule has 1 aliphatic rings. The van der Waals surface area contributed by atoms with Crippen molar-refractivity contribution in [2.45, 2.75) is 44.5 Å². The third-order valence-electron chi connectivity index (χ3n) is 6.38. The first-order chi connectivity index (χ1) is 15.5. The molecule has 1 fully saturated rings. The molecule has 1 aliphatic heterocycles. The van der Waals surface area contributed by atoms with E-state index in [1.165, 1.54) is 6.07 Å². The molecule has 0 saturated carbocycles. The van der Waals surface area contributed by atoms with E-state index in [1.54, 1.807) is 6.07 Å². The highest BCUT2D eigenvalue weighted by atomic mass is 19.1. The van der Waals surface area contributed by atoms with E-state index >= 15 is 0 Å². The average Bonchev–Trinajstić information content (AvgIpc) is 3.29. The largest absolute Gasteiger partial charge is 0.391 e. The van der Waals surface area contributed by atoms with E-state index in [0.717, 1.165) is 37.9 Å². The Labute approximate surface area is 187 Å². The van der Waals surface area contributed by atoms with E-state index in [9.17, 15) is 9.50 Å². The van der Waals surface area contributed by atoms with Crippen molar-refractivity contribution in [1.82, 2.24) is 10.1 Å². The van der Waals surface area contributed by atoms with Gasteiger partial charge in [-0.3, -0.25) is 15.6 Å². The smallest absolute Gasteiger partial charge is 0.211 e. The number of piperidine rings is 1. The molecule has 3 aromatic rings. The van der Waals surface area contributed by atoms with Crippen molar-refractivity contribution in [3.8, 4) is 11.1 Å². The highest BCUT2D eigenvalue weighted by Crippen LogP contribution is 2.36. The van der Waals surface area contributed by atoms with Crippen LogP contribution in [0.2, 0.25) is 0 Å². The predicted molar refractivity (Wildman–Crippen MR) is 123 cm³/mol. The number of aromatic nitrogens is 1. The number of nitrogens with zero attached hydrogens (tertiary/aromatic N) is 3. The molecule has 0 radical (unpaired) electrons. The molecule has 168 valence electrons. The van der Waals surface area contributed by atoms with Gasteiger partial charge in [-0.25, -0.2) is 4.39 Å². The van der Waals surface area contributed by atoms with Gasteiger partial charge in [-0.15, -0.1) is 0 Å². The zero-order valence-electron chi connectivity index (χ0n) is 18.3. The molecule has 0 amide bonds. The van der Waals surface area contributed by atoms with Crippen molar-refractivity contribution in [3.63, 3.8) is 0 Å². The summed E-state index contributed by atoms with van der Waals surface area (Å²) in [6, 6.07) is 14.5. The Morgan fingerprint density at radius 3 is 2.56 bits per heavy atom. The number of aliphatic imine (C=N–C) groups is 1. The van der Waals surface area contributed by atoms with Crippen molar-refractivity contribution in [2.75, 3.05) is 13.1 Å². The summed E-state index contributed by atoms with van der Waals surface area (Å²) in [6.45, 7) is 6.80. The zero-order valence-corrected chi connectivity index (χ0v) is 18.3. The van der Waals surface area contributed by atoms with E-state index in [-0.39, 0.29) is 18.3 Å². The maximum Gasteiger partial charge on any atom is 0.211 e. The van der Waals surface area contributed by atoms with Crippen molar-refractivity contribution in [1.29, 1.82) is 0 Å². The van der Waals surface area contributed by atoms with Gasteiger partial charge in [-0.2, -0.15) is 0 Å². The van der Waals surface area contributed by atoms with Gasteiger partial charge in [0.25, 0.3) is 0 Å². The topological polar surface area (TPSA) is 87.9 Å². The Bertz CT molecular complexity index is 1080. The molecule has 0 spiro atoms. The summed E-state index contributed by atoms with van der Waals surface area (Å²) in [6.07, 6.45) is 3.16. The highest BCUT2D eigenvalue weighted by Gasteiger charge is 2.40. The van der Waals surface area contributed by atoms with Crippen LogP contribution in [-0.2, 0) is 12.4 Å². The lowest BCUT2D eigenvalue weighted by atomic mass is 9.92. The Morgan fingerprint density at radius 2 is 1.94 bits per heavy atom. The number of aliphatic hydroxyl groups is 1. The van der Waals surface area contributed by atoms with Crippen molar-refractivity contribution in [3.05, 3.63) is 76.9 Å². The molecule has 4 rings (SSSR count). The number of aliphatic hydroxyl groups excluding tert-OH is 1. The maximum absolute atomic E-state index is 14.9. The van der Waals surface area contributed by atoms with Gasteiger partial charge in [0.15, 0.2) is 0 Å². The number of hydrogen-bond donors (Lipinski definition) is 2. The number of rotatable bonds is 7. The summed E-state index contributed by atoms with van der Waals surface area (Å²) in [5.74, 6) is -1.49. The van der Waals surface area contributed by atoms with Crippen LogP contribution in [0.1, 0.15) is 54.7 Å². The fourth-order valence-corrected chi connectivity index (χ4v) is 4.47. The van der Waals surface area contributed by atoms with Crippen molar-refractivity contribution in [2.24, 2.45) is 10.7 Å². The molecule has 1 aromatic heterocycles. The van der Waals surface area contributed by atoms with E-state index in [4.69, 9.17) is 10.3 Å². The normalized spacial score (nSPS) is 17.6. The van der Waals surface area contributed by atoms with Crippen molar-refractivity contribution < 1.29 is 14.0 Å². The van der Waals surface area contributed by atoms with Crippen LogP contribution in [0.4, 0.5) is 4.39 Å². The summed E-state index contributed by atoms with van der Waals surface area (Å²) in [5, 5.41) is 14.4. The first-order valence-electron chi connectivity index (χ1n) is 11.0. The molecule has 0 bridgehead atoms. The van der Waals surface area contributed by atoms with Gasteiger partial charge in [-0.05, 0) is 36.8 Å². The molecule has 2 unspecified atom stereocenters. The number of nitrogens with two attached hydrogens (primary N) is 1. The van der Waals surface area contributed by atoms with Crippen LogP contribution in [0.25, 0.3) is 11.1 Å². The van der Waals surface area contributed by atoms with E-state index in [2.05, 4.69) is 16.9 Å². The molecule has 1 saturated heterocycles. The molecular formula is C25H29FN4O2. The Hall–Kier alpha value is -2.87. The number of benzene rings is 2. The lowest BCUT2D eigenvalue weighted by Crippen LogP contribution is -2.54. The lowest BCUT2D eigenvalue weighted by molar-refractivity contribution is 0.0684. The SMILES string of the molecule is C=NC(N)(c1noc(C(C)c2ccc(-c3ccccc3)c(F)c2)c1CO)N1CCCCC1. The van der Waals surface area contributed by atoms with Gasteiger partial charge < -0.3 is 9.63 Å². The predicted octanol–water partition coefficient (Wildman–Crippen LogP) is 4.38. The van der Waals surface area contributed by atoms with Crippen LogP contribution in [0.15, 0.2) is 58.0 Å². The lowest BCUT2D eigenvalue weighted by Gasteiger charge is -2.38. The first kappa shape index (κ1) is 22.3. The average molecular weight is 437 g/mol. The van der Waals surface area contributed by atoms with Crippen LogP contribution >= 0.6 is 0 Å². The summed E-state index contributed by atoms with van der Waals surface area (Å²) < 4.78 is 20.6. The van der Waals surface area contributed by atoms with E-state index in [1.807, 2.05) is 48.2 Å². The minimum absolute atomic E-state index is 0.314. The minimum atomic E-state index is -1.28. The van der Waals surface area contributed by atoms with Crippen LogP contribution < -0.4 is 5.73 Å². The second-order valence-corrected chi connectivity index (χ2v) is 8.29. The first-order valence-corrected chi connectivity index (χ1v) is 11.0. The quantitative estimate of drug-likeness (QED) is 0.537. The molecule has 2 aromatic carbocycles. The summed E-state index contributed by atoms with van der Waals surface area (Å²) in [4.78, 5) is 6.20. The second-order valence-electron chi connectivity index (χ2n) is 8.29. The second kappa shape index (κ2) is 9.32. The van der Waals surface area contributed by atoms with Gasteiger partial charge >= 0.3 is 0 Å². The molecule has 2 atom stereocenters. The van der Waals surface area contributed by atoms with E-state index in [0.29, 0.717) is 28.1 Å². The maximum atomic E-state index is 14.9. The van der Waals surface area contributed by atoms with Gasteiger partial charge in [0.05, 0.1) is 6.61 Å².